The van der Waals surface area contributed by atoms with E-state index < -0.39 is 5.91 Å². The van der Waals surface area contributed by atoms with Crippen LogP contribution in [0.2, 0.25) is 0 Å². The average Bonchev–Trinajstić information content (AvgIpc) is 2.88. The van der Waals surface area contributed by atoms with E-state index in [4.69, 9.17) is 10.9 Å². The van der Waals surface area contributed by atoms with Gasteiger partial charge in [0, 0.05) is 0 Å². The first-order valence-corrected chi connectivity index (χ1v) is 5.37. The summed E-state index contributed by atoms with van der Waals surface area (Å²) in [5.41, 5.74) is 5.45. The van der Waals surface area contributed by atoms with E-state index in [1.165, 1.54) is 18.3 Å². The molecule has 7 N–H and O–H groups in total. The number of benzene rings is 1. The van der Waals surface area contributed by atoms with E-state index in [0.29, 0.717) is 0 Å². The Morgan fingerprint density at radius 3 is 2.80 bits per heavy atom. The molecule has 104 valence electrons. The van der Waals surface area contributed by atoms with Crippen molar-refractivity contribution in [2.45, 2.75) is 0 Å². The van der Waals surface area contributed by atoms with Crippen LogP contribution in [-0.2, 0) is 0 Å². The molecule has 0 bridgehead atoms. The molecule has 1 heterocycles. The molecule has 0 radical (unpaired) electrons. The smallest absolute Gasteiger partial charge is 0.260 e. The summed E-state index contributed by atoms with van der Waals surface area (Å²) < 4.78 is 0. The Balaban J connectivity index is 2.29. The van der Waals surface area contributed by atoms with E-state index in [1.54, 1.807) is 0 Å². The van der Waals surface area contributed by atoms with Crippen LogP contribution < -0.4 is 11.1 Å². The highest BCUT2D eigenvalue weighted by Crippen LogP contribution is 2.23. The molecule has 0 fully saturated rings. The number of carbonyl (C=O) groups excluding carboxylic acids is 1. The number of phenolic OH excluding ortho intramolecular Hbond substituents is 2. The molecular formula is C11H11N5O4. The fourth-order valence-electron chi connectivity index (χ4n) is 1.52. The summed E-state index contributed by atoms with van der Waals surface area (Å²) in [6.07, 6.45) is 1.26. The van der Waals surface area contributed by atoms with Gasteiger partial charge in [-0.3, -0.25) is 9.89 Å². The minimum atomic E-state index is -0.699. The lowest BCUT2D eigenvalue weighted by Crippen LogP contribution is -2.18. The Labute approximate surface area is 112 Å². The molecule has 0 aliphatic carbocycles. The summed E-state index contributed by atoms with van der Waals surface area (Å²) in [6.45, 7) is 0. The molecule has 9 heteroatoms. The number of H-pyrrole nitrogens is 1. The summed E-state index contributed by atoms with van der Waals surface area (Å²) in [7, 11) is 0. The predicted molar refractivity (Wildman–Crippen MR) is 68.8 cm³/mol. The number of nitrogens with two attached hydrogens (primary N) is 1. The van der Waals surface area contributed by atoms with Gasteiger partial charge in [0.25, 0.3) is 5.91 Å². The second kappa shape index (κ2) is 5.18. The quantitative estimate of drug-likeness (QED) is 0.154. The summed E-state index contributed by atoms with van der Waals surface area (Å²) in [5, 5.41) is 38.8. The molecule has 20 heavy (non-hydrogen) atoms. The highest BCUT2D eigenvalue weighted by atomic mass is 16.4. The van der Waals surface area contributed by atoms with Crippen molar-refractivity contribution >= 4 is 17.6 Å². The second-order valence-electron chi connectivity index (χ2n) is 3.80. The van der Waals surface area contributed by atoms with Crippen molar-refractivity contribution in [3.63, 3.8) is 0 Å². The van der Waals surface area contributed by atoms with Crippen molar-refractivity contribution in [2.24, 2.45) is 10.9 Å². The zero-order valence-electron chi connectivity index (χ0n) is 10.0. The van der Waals surface area contributed by atoms with Crippen molar-refractivity contribution in [2.75, 3.05) is 5.32 Å². The van der Waals surface area contributed by atoms with Crippen molar-refractivity contribution in [3.8, 4) is 11.5 Å². The van der Waals surface area contributed by atoms with Crippen LogP contribution in [0.1, 0.15) is 15.9 Å². The van der Waals surface area contributed by atoms with Gasteiger partial charge in [0.05, 0.1) is 17.3 Å². The molecule has 0 aliphatic rings. The average molecular weight is 277 g/mol. The Bertz CT molecular complexity index is 679. The minimum Gasteiger partial charge on any atom is -0.508 e. The fourth-order valence-corrected chi connectivity index (χ4v) is 1.52. The van der Waals surface area contributed by atoms with Gasteiger partial charge in [-0.1, -0.05) is 5.16 Å². The third-order valence-electron chi connectivity index (χ3n) is 2.49. The number of aromatic nitrogens is 2. The highest BCUT2D eigenvalue weighted by molar-refractivity contribution is 6.10. The molecule has 0 spiro atoms. The zero-order valence-corrected chi connectivity index (χ0v) is 10.0. The van der Waals surface area contributed by atoms with Gasteiger partial charge in [-0.2, -0.15) is 5.10 Å². The number of aromatic hydroxyl groups is 2. The lowest BCUT2D eigenvalue weighted by Gasteiger charge is -2.07. The number of hydrogen-bond donors (Lipinski definition) is 6. The second-order valence-corrected chi connectivity index (χ2v) is 3.80. The van der Waals surface area contributed by atoms with Crippen molar-refractivity contribution in [1.82, 2.24) is 10.2 Å². The van der Waals surface area contributed by atoms with Crippen LogP contribution in [0.5, 0.6) is 11.5 Å². The Kier molecular flexibility index (Phi) is 3.42. The van der Waals surface area contributed by atoms with Gasteiger partial charge in [-0.25, -0.2) is 0 Å². The molecule has 0 saturated carbocycles. The number of hydrogen-bond acceptors (Lipinski definition) is 6. The van der Waals surface area contributed by atoms with Crippen LogP contribution >= 0.6 is 0 Å². The number of amides is 1. The fraction of sp³-hybridized carbons (Fsp3) is 0. The zero-order chi connectivity index (χ0) is 14.7. The number of amidine groups is 1. The van der Waals surface area contributed by atoms with Gasteiger partial charge >= 0.3 is 0 Å². The van der Waals surface area contributed by atoms with Crippen LogP contribution in [0.15, 0.2) is 29.6 Å². The van der Waals surface area contributed by atoms with E-state index in [1.807, 2.05) is 0 Å². The first-order valence-electron chi connectivity index (χ1n) is 5.37. The molecular weight excluding hydrogens is 266 g/mol. The molecule has 1 amide bonds. The first-order chi connectivity index (χ1) is 9.52. The summed E-state index contributed by atoms with van der Waals surface area (Å²) in [4.78, 5) is 12.0. The molecule has 2 aromatic rings. The van der Waals surface area contributed by atoms with Gasteiger partial charge in [-0.15, -0.1) is 0 Å². The number of anilines is 1. The van der Waals surface area contributed by atoms with Crippen molar-refractivity contribution < 1.29 is 20.2 Å². The topological polar surface area (TPSA) is 157 Å². The van der Waals surface area contributed by atoms with E-state index in [0.717, 1.165) is 6.07 Å². The standard InChI is InChI=1S/C11H11N5O4/c12-9(16-20)7-4-13-15-10(7)14-11(19)6-3-5(17)1-2-8(6)18/h1-4,17-18,20H,(H2,12,16)(H2,13,14,15,19). The van der Waals surface area contributed by atoms with Gasteiger partial charge in [-0.05, 0) is 18.2 Å². The van der Waals surface area contributed by atoms with E-state index in [9.17, 15) is 15.0 Å². The van der Waals surface area contributed by atoms with Crippen LogP contribution in [-0.4, -0.2) is 37.4 Å². The third-order valence-corrected chi connectivity index (χ3v) is 2.49. The number of carbonyl (C=O) groups is 1. The van der Waals surface area contributed by atoms with Crippen LogP contribution in [0.3, 0.4) is 0 Å². The SMILES string of the molecule is N/C(=N/O)c1cn[nH]c1NC(=O)c1cc(O)ccc1O. The maximum atomic E-state index is 12.0. The van der Waals surface area contributed by atoms with E-state index in [-0.39, 0.29) is 34.3 Å². The van der Waals surface area contributed by atoms with Gasteiger partial charge < -0.3 is 26.5 Å². The number of oxime groups is 1. The predicted octanol–water partition coefficient (Wildman–Crippen LogP) is 0.168. The summed E-state index contributed by atoms with van der Waals surface area (Å²) >= 11 is 0. The summed E-state index contributed by atoms with van der Waals surface area (Å²) in [5.74, 6) is -1.32. The number of aromatic amines is 1. The molecule has 0 atom stereocenters. The van der Waals surface area contributed by atoms with Crippen molar-refractivity contribution in [3.05, 3.63) is 35.5 Å². The maximum Gasteiger partial charge on any atom is 0.260 e. The molecule has 1 aromatic carbocycles. The first kappa shape index (κ1) is 13.2. The Hall–Kier alpha value is -3.23. The number of nitrogens with one attached hydrogen (secondary N) is 2. The lowest BCUT2D eigenvalue weighted by molar-refractivity contribution is 0.102. The van der Waals surface area contributed by atoms with Gasteiger partial charge in [0.1, 0.15) is 17.3 Å². The van der Waals surface area contributed by atoms with E-state index >= 15 is 0 Å². The van der Waals surface area contributed by atoms with Crippen LogP contribution in [0, 0.1) is 0 Å². The minimum absolute atomic E-state index is 0.0908. The van der Waals surface area contributed by atoms with Gasteiger partial charge in [0.2, 0.25) is 0 Å². The Morgan fingerprint density at radius 2 is 2.10 bits per heavy atom. The van der Waals surface area contributed by atoms with E-state index in [2.05, 4.69) is 20.7 Å². The largest absolute Gasteiger partial charge is 0.508 e. The molecule has 0 saturated heterocycles. The maximum absolute atomic E-state index is 12.0. The normalized spacial score (nSPS) is 11.3. The summed E-state index contributed by atoms with van der Waals surface area (Å²) in [6, 6.07) is 3.52. The lowest BCUT2D eigenvalue weighted by atomic mass is 10.1. The monoisotopic (exact) mass is 277 g/mol. The van der Waals surface area contributed by atoms with Gasteiger partial charge in [0.15, 0.2) is 5.84 Å². The number of nitrogens with zero attached hydrogens (tertiary/aromatic N) is 2. The molecule has 2 rings (SSSR count). The molecule has 0 unspecified atom stereocenters. The Morgan fingerprint density at radius 1 is 1.35 bits per heavy atom. The van der Waals surface area contributed by atoms with Crippen molar-refractivity contribution in [1.29, 1.82) is 0 Å². The molecule has 0 aliphatic heterocycles. The molecule has 1 aromatic heterocycles. The highest BCUT2D eigenvalue weighted by Gasteiger charge is 2.16. The van der Waals surface area contributed by atoms with Crippen LogP contribution in [0.25, 0.3) is 0 Å². The third kappa shape index (κ3) is 2.46. The molecule has 9 nitrogen and oxygen atoms in total. The number of phenols is 2. The number of rotatable bonds is 3. The van der Waals surface area contributed by atoms with Crippen LogP contribution in [0.4, 0.5) is 5.82 Å².